The van der Waals surface area contributed by atoms with Crippen LogP contribution in [0.2, 0.25) is 0 Å². The summed E-state index contributed by atoms with van der Waals surface area (Å²) in [5.41, 5.74) is 10.2. The summed E-state index contributed by atoms with van der Waals surface area (Å²) in [6.07, 6.45) is 0. The summed E-state index contributed by atoms with van der Waals surface area (Å²) in [7, 11) is 0. The predicted octanol–water partition coefficient (Wildman–Crippen LogP) is 3.59. The minimum absolute atomic E-state index is 0. The first kappa shape index (κ1) is 17.0. The van der Waals surface area contributed by atoms with E-state index < -0.39 is 0 Å². The topological polar surface area (TPSA) is 29.3 Å². The molecule has 1 aliphatic rings. The quantitative estimate of drug-likeness (QED) is 0.934. The lowest BCUT2D eigenvalue weighted by molar-refractivity contribution is 0.317. The van der Waals surface area contributed by atoms with Gasteiger partial charge in [-0.1, -0.05) is 60.2 Å². The summed E-state index contributed by atoms with van der Waals surface area (Å²) in [4.78, 5) is 2.55. The Kier molecular flexibility index (Phi) is 6.01. The number of hydrogen-bond donors (Lipinski definition) is 1. The minimum Gasteiger partial charge on any atom is -0.330 e. The molecular weight excluding hydrogens is 292 g/mol. The molecule has 1 saturated heterocycles. The molecule has 0 radical (unpaired) electrons. The van der Waals surface area contributed by atoms with E-state index in [1.807, 2.05) is 0 Å². The van der Waals surface area contributed by atoms with Crippen molar-refractivity contribution in [2.45, 2.75) is 19.4 Å². The summed E-state index contributed by atoms with van der Waals surface area (Å²) in [6, 6.07) is 19.6. The first-order valence-corrected chi connectivity index (χ1v) is 7.79. The van der Waals surface area contributed by atoms with Crippen LogP contribution in [0.4, 0.5) is 0 Å². The third-order valence-corrected chi connectivity index (χ3v) is 4.54. The molecule has 3 rings (SSSR count). The third kappa shape index (κ3) is 3.89. The number of aryl methyl sites for hydroxylation is 1. The molecule has 22 heavy (non-hydrogen) atoms. The number of nitrogens with zero attached hydrogens (tertiary/aromatic N) is 1. The van der Waals surface area contributed by atoms with E-state index in [4.69, 9.17) is 5.73 Å². The van der Waals surface area contributed by atoms with Gasteiger partial charge in [-0.05, 0) is 30.5 Å². The molecule has 2 nitrogen and oxygen atoms in total. The average Bonchev–Trinajstić information content (AvgIpc) is 2.91. The van der Waals surface area contributed by atoms with E-state index in [1.165, 1.54) is 16.7 Å². The van der Waals surface area contributed by atoms with E-state index in [9.17, 15) is 0 Å². The van der Waals surface area contributed by atoms with Crippen LogP contribution in [-0.2, 0) is 6.54 Å². The van der Waals surface area contributed by atoms with Crippen molar-refractivity contribution in [3.8, 4) is 0 Å². The molecular formula is C19H25ClN2. The minimum atomic E-state index is 0. The van der Waals surface area contributed by atoms with Gasteiger partial charge in [0.05, 0.1) is 0 Å². The lowest BCUT2D eigenvalue weighted by Crippen LogP contribution is -2.23. The monoisotopic (exact) mass is 316 g/mol. The summed E-state index contributed by atoms with van der Waals surface area (Å²) >= 11 is 0. The molecule has 0 aromatic heterocycles. The van der Waals surface area contributed by atoms with Crippen molar-refractivity contribution in [3.63, 3.8) is 0 Å². The van der Waals surface area contributed by atoms with Crippen LogP contribution in [0.15, 0.2) is 54.6 Å². The van der Waals surface area contributed by atoms with Gasteiger partial charge in [0.25, 0.3) is 0 Å². The molecule has 0 bridgehead atoms. The van der Waals surface area contributed by atoms with Crippen LogP contribution in [0.5, 0.6) is 0 Å². The summed E-state index contributed by atoms with van der Waals surface area (Å²) in [6.45, 7) is 6.16. The molecule has 0 amide bonds. The largest absolute Gasteiger partial charge is 0.330 e. The van der Waals surface area contributed by atoms with Crippen molar-refractivity contribution in [1.82, 2.24) is 4.90 Å². The maximum atomic E-state index is 6.01. The molecule has 2 aromatic carbocycles. The maximum Gasteiger partial charge on any atom is 0.0234 e. The Labute approximate surface area is 139 Å². The van der Waals surface area contributed by atoms with Gasteiger partial charge >= 0.3 is 0 Å². The van der Waals surface area contributed by atoms with Gasteiger partial charge in [0.2, 0.25) is 0 Å². The highest BCUT2D eigenvalue weighted by molar-refractivity contribution is 5.85. The SMILES string of the molecule is Cc1cccc(CN2C[C@@H](CN)[C@H](c3ccccc3)C2)c1.Cl. The van der Waals surface area contributed by atoms with Gasteiger partial charge in [0.15, 0.2) is 0 Å². The summed E-state index contributed by atoms with van der Waals surface area (Å²) in [5, 5.41) is 0. The molecule has 118 valence electrons. The second kappa shape index (κ2) is 7.77. The van der Waals surface area contributed by atoms with Gasteiger partial charge in [-0.25, -0.2) is 0 Å². The van der Waals surface area contributed by atoms with Crippen LogP contribution >= 0.6 is 12.4 Å². The van der Waals surface area contributed by atoms with Gasteiger partial charge in [-0.3, -0.25) is 4.90 Å². The highest BCUT2D eigenvalue weighted by atomic mass is 35.5. The Morgan fingerprint density at radius 3 is 2.50 bits per heavy atom. The van der Waals surface area contributed by atoms with E-state index in [2.05, 4.69) is 66.4 Å². The van der Waals surface area contributed by atoms with Gasteiger partial charge in [-0.15, -0.1) is 12.4 Å². The fraction of sp³-hybridized carbons (Fsp3) is 0.368. The number of likely N-dealkylation sites (tertiary alicyclic amines) is 1. The molecule has 1 fully saturated rings. The first-order valence-electron chi connectivity index (χ1n) is 7.79. The highest BCUT2D eigenvalue weighted by Gasteiger charge is 2.32. The molecule has 3 heteroatoms. The Bertz CT molecular complexity index is 585. The lowest BCUT2D eigenvalue weighted by Gasteiger charge is -2.17. The second-order valence-electron chi connectivity index (χ2n) is 6.20. The van der Waals surface area contributed by atoms with E-state index >= 15 is 0 Å². The smallest absolute Gasteiger partial charge is 0.0234 e. The number of hydrogen-bond acceptors (Lipinski definition) is 2. The zero-order chi connectivity index (χ0) is 14.7. The molecule has 0 unspecified atom stereocenters. The molecule has 2 N–H and O–H groups in total. The average molecular weight is 317 g/mol. The Balaban J connectivity index is 0.00000176. The van der Waals surface area contributed by atoms with E-state index in [1.54, 1.807) is 0 Å². The number of nitrogens with two attached hydrogens (primary N) is 1. The van der Waals surface area contributed by atoms with Crippen molar-refractivity contribution >= 4 is 12.4 Å². The summed E-state index contributed by atoms with van der Waals surface area (Å²) < 4.78 is 0. The molecule has 1 aliphatic heterocycles. The van der Waals surface area contributed by atoms with Crippen LogP contribution in [-0.4, -0.2) is 24.5 Å². The van der Waals surface area contributed by atoms with Crippen molar-refractivity contribution in [3.05, 3.63) is 71.3 Å². The van der Waals surface area contributed by atoms with Crippen LogP contribution in [0, 0.1) is 12.8 Å². The third-order valence-electron chi connectivity index (χ3n) is 4.54. The lowest BCUT2D eigenvalue weighted by atomic mass is 9.89. The van der Waals surface area contributed by atoms with E-state index in [0.717, 1.165) is 26.2 Å². The zero-order valence-corrected chi connectivity index (χ0v) is 13.9. The second-order valence-corrected chi connectivity index (χ2v) is 6.20. The van der Waals surface area contributed by atoms with E-state index in [0.29, 0.717) is 11.8 Å². The molecule has 2 atom stereocenters. The molecule has 0 saturated carbocycles. The summed E-state index contributed by atoms with van der Waals surface area (Å²) in [5.74, 6) is 1.14. The van der Waals surface area contributed by atoms with Gasteiger partial charge < -0.3 is 5.73 Å². The highest BCUT2D eigenvalue weighted by Crippen LogP contribution is 2.32. The van der Waals surface area contributed by atoms with Crippen LogP contribution in [0.25, 0.3) is 0 Å². The molecule has 2 aromatic rings. The fourth-order valence-electron chi connectivity index (χ4n) is 3.48. The first-order chi connectivity index (χ1) is 10.3. The van der Waals surface area contributed by atoms with E-state index in [-0.39, 0.29) is 12.4 Å². The number of benzene rings is 2. The number of halogens is 1. The normalized spacial score (nSPS) is 21.5. The van der Waals surface area contributed by atoms with Crippen molar-refractivity contribution < 1.29 is 0 Å². The van der Waals surface area contributed by atoms with Crippen LogP contribution in [0.1, 0.15) is 22.6 Å². The molecule has 0 aliphatic carbocycles. The predicted molar refractivity (Wildman–Crippen MR) is 95.4 cm³/mol. The van der Waals surface area contributed by atoms with Crippen molar-refractivity contribution in [2.24, 2.45) is 11.7 Å². The van der Waals surface area contributed by atoms with Gasteiger partial charge in [-0.2, -0.15) is 0 Å². The van der Waals surface area contributed by atoms with Crippen LogP contribution in [0.3, 0.4) is 0 Å². The van der Waals surface area contributed by atoms with Gasteiger partial charge in [0.1, 0.15) is 0 Å². The Morgan fingerprint density at radius 1 is 1.05 bits per heavy atom. The Hall–Kier alpha value is -1.35. The fourth-order valence-corrected chi connectivity index (χ4v) is 3.48. The molecule has 0 spiro atoms. The number of rotatable bonds is 4. The van der Waals surface area contributed by atoms with Crippen molar-refractivity contribution in [1.29, 1.82) is 0 Å². The standard InChI is InChI=1S/C19H24N2.ClH/c1-15-6-5-7-16(10-15)12-21-13-18(11-20)19(14-21)17-8-3-2-4-9-17;/h2-10,18-19H,11-14,20H2,1H3;1H/t18-,19+;/m1./s1. The Morgan fingerprint density at radius 2 is 1.82 bits per heavy atom. The van der Waals surface area contributed by atoms with Crippen LogP contribution < -0.4 is 5.73 Å². The van der Waals surface area contributed by atoms with Gasteiger partial charge in [0, 0.05) is 25.6 Å². The van der Waals surface area contributed by atoms with Crippen molar-refractivity contribution in [2.75, 3.05) is 19.6 Å². The maximum absolute atomic E-state index is 6.01. The zero-order valence-electron chi connectivity index (χ0n) is 13.1. The molecule has 1 heterocycles.